The first kappa shape index (κ1) is 14.2. The second-order valence-electron chi connectivity index (χ2n) is 4.00. The topological polar surface area (TPSA) is 17.1 Å². The van der Waals surface area contributed by atoms with E-state index in [0.29, 0.717) is 0 Å². The highest BCUT2D eigenvalue weighted by atomic mass is 16.1. The van der Waals surface area contributed by atoms with E-state index in [0.717, 1.165) is 12.7 Å². The molecule has 0 radical (unpaired) electrons. The maximum absolute atomic E-state index is 10.1. The number of carbonyl (C=O) groups is 1. The van der Waals surface area contributed by atoms with E-state index in [1.54, 1.807) is 6.08 Å². The summed E-state index contributed by atoms with van der Waals surface area (Å²) in [5.41, 5.74) is 1.19. The lowest BCUT2D eigenvalue weighted by Gasteiger charge is -1.98. The summed E-state index contributed by atoms with van der Waals surface area (Å²) in [7, 11) is 0. The quantitative estimate of drug-likeness (QED) is 0.237. The van der Waals surface area contributed by atoms with Gasteiger partial charge in [-0.2, -0.15) is 0 Å². The van der Waals surface area contributed by atoms with Crippen molar-refractivity contribution in [1.82, 2.24) is 0 Å². The normalized spacial score (nSPS) is 12.3. The molecule has 0 fully saturated rings. The van der Waals surface area contributed by atoms with Gasteiger partial charge in [0.1, 0.15) is 6.29 Å². The average Bonchev–Trinajstić information content (AvgIpc) is 2.25. The lowest BCUT2D eigenvalue weighted by molar-refractivity contribution is -0.104. The number of unbranched alkanes of at least 4 members (excludes halogenated alkanes) is 6. The smallest absolute Gasteiger partial charge is 0.142 e. The van der Waals surface area contributed by atoms with Gasteiger partial charge in [-0.15, -0.1) is 0 Å². The summed E-state index contributed by atoms with van der Waals surface area (Å²) in [6, 6.07) is 0. The first-order chi connectivity index (χ1) is 7.31. The zero-order valence-electron chi connectivity index (χ0n) is 10.2. The molecule has 0 spiro atoms. The highest BCUT2D eigenvalue weighted by Gasteiger charge is 1.88. The van der Waals surface area contributed by atoms with Crippen molar-refractivity contribution in [2.75, 3.05) is 0 Å². The number of allylic oxidation sites excluding steroid dienone is 4. The molecule has 15 heavy (non-hydrogen) atoms. The van der Waals surface area contributed by atoms with E-state index in [1.807, 2.05) is 13.0 Å². The Kier molecular flexibility index (Phi) is 10.6. The Labute approximate surface area is 94.3 Å². The number of rotatable bonds is 9. The molecule has 0 saturated carbocycles. The number of hydrogen-bond donors (Lipinski definition) is 0. The van der Waals surface area contributed by atoms with Crippen molar-refractivity contribution in [3.63, 3.8) is 0 Å². The first-order valence-electron chi connectivity index (χ1n) is 6.10. The Morgan fingerprint density at radius 3 is 2.40 bits per heavy atom. The van der Waals surface area contributed by atoms with Gasteiger partial charge in [0.25, 0.3) is 0 Å². The molecule has 0 saturated heterocycles. The number of hydrogen-bond acceptors (Lipinski definition) is 1. The zero-order chi connectivity index (χ0) is 11.4. The summed E-state index contributed by atoms with van der Waals surface area (Å²) in [4.78, 5) is 10.1. The maximum atomic E-state index is 10.1. The number of carbonyl (C=O) groups excluding carboxylic acids is 1. The molecule has 1 heteroatoms. The van der Waals surface area contributed by atoms with Gasteiger partial charge in [0.2, 0.25) is 0 Å². The molecule has 0 aromatic carbocycles. The minimum Gasteiger partial charge on any atom is -0.299 e. The van der Waals surface area contributed by atoms with E-state index >= 15 is 0 Å². The van der Waals surface area contributed by atoms with E-state index < -0.39 is 0 Å². The van der Waals surface area contributed by atoms with Crippen molar-refractivity contribution >= 4 is 6.29 Å². The summed E-state index contributed by atoms with van der Waals surface area (Å²) < 4.78 is 0. The Hall–Kier alpha value is -0.850. The summed E-state index contributed by atoms with van der Waals surface area (Å²) >= 11 is 0. The third-order valence-electron chi connectivity index (χ3n) is 2.46. The Bertz CT molecular complexity index is 201. The lowest BCUT2D eigenvalue weighted by Crippen LogP contribution is -1.78. The summed E-state index contributed by atoms with van der Waals surface area (Å²) in [5, 5.41) is 0. The molecule has 0 heterocycles. The molecule has 0 rings (SSSR count). The van der Waals surface area contributed by atoms with Crippen LogP contribution < -0.4 is 0 Å². The molecular weight excluding hydrogens is 184 g/mol. The third kappa shape index (κ3) is 11.1. The molecule has 0 aromatic rings. The van der Waals surface area contributed by atoms with Gasteiger partial charge < -0.3 is 0 Å². The van der Waals surface area contributed by atoms with Crippen LogP contribution in [0.4, 0.5) is 0 Å². The van der Waals surface area contributed by atoms with Crippen LogP contribution in [0.1, 0.15) is 58.8 Å². The molecule has 0 bridgehead atoms. The van der Waals surface area contributed by atoms with E-state index in [1.165, 1.54) is 44.1 Å². The second-order valence-corrected chi connectivity index (χ2v) is 4.00. The minimum absolute atomic E-state index is 0.822. The van der Waals surface area contributed by atoms with Crippen molar-refractivity contribution < 1.29 is 4.79 Å². The third-order valence-corrected chi connectivity index (χ3v) is 2.46. The van der Waals surface area contributed by atoms with Crippen LogP contribution in [0.15, 0.2) is 23.8 Å². The fourth-order valence-corrected chi connectivity index (χ4v) is 1.51. The maximum Gasteiger partial charge on any atom is 0.142 e. The summed E-state index contributed by atoms with van der Waals surface area (Å²) in [6.07, 6.45) is 15.6. The van der Waals surface area contributed by atoms with Gasteiger partial charge >= 0.3 is 0 Å². The van der Waals surface area contributed by atoms with Crippen LogP contribution in [0, 0.1) is 0 Å². The van der Waals surface area contributed by atoms with Crippen LogP contribution >= 0.6 is 0 Å². The first-order valence-corrected chi connectivity index (χ1v) is 6.10. The average molecular weight is 208 g/mol. The van der Waals surface area contributed by atoms with Crippen molar-refractivity contribution in [2.45, 2.75) is 58.8 Å². The van der Waals surface area contributed by atoms with Crippen LogP contribution in [-0.4, -0.2) is 6.29 Å². The van der Waals surface area contributed by atoms with Crippen molar-refractivity contribution in [1.29, 1.82) is 0 Å². The van der Waals surface area contributed by atoms with Crippen LogP contribution in [0.5, 0.6) is 0 Å². The number of aldehydes is 1. The standard InChI is InChI=1S/C14H24O/c1-3-4-5-6-7-8-9-11-14(2)12-10-13-15/h10-13H,3-9H2,1-2H3/b12-10+,14-11-. The molecular formula is C14H24O. The van der Waals surface area contributed by atoms with Crippen LogP contribution in [0.3, 0.4) is 0 Å². The van der Waals surface area contributed by atoms with E-state index in [-0.39, 0.29) is 0 Å². The molecule has 1 nitrogen and oxygen atoms in total. The molecule has 86 valence electrons. The van der Waals surface area contributed by atoms with Gasteiger partial charge in [-0.05, 0) is 25.8 Å². The van der Waals surface area contributed by atoms with Gasteiger partial charge in [-0.1, -0.05) is 56.8 Å². The SMILES string of the molecule is CCCCCCCC/C=C(C)\C=C\C=O. The van der Waals surface area contributed by atoms with E-state index in [9.17, 15) is 4.79 Å². The van der Waals surface area contributed by atoms with Gasteiger partial charge in [-0.25, -0.2) is 0 Å². The van der Waals surface area contributed by atoms with Gasteiger partial charge in [0, 0.05) is 0 Å². The molecule has 0 amide bonds. The molecule has 0 aliphatic heterocycles. The highest BCUT2D eigenvalue weighted by molar-refractivity contribution is 5.65. The molecule has 0 unspecified atom stereocenters. The molecule has 0 atom stereocenters. The second kappa shape index (κ2) is 11.2. The van der Waals surface area contributed by atoms with Crippen LogP contribution in [0.2, 0.25) is 0 Å². The largest absolute Gasteiger partial charge is 0.299 e. The Morgan fingerprint density at radius 2 is 1.73 bits per heavy atom. The fraction of sp³-hybridized carbons (Fsp3) is 0.643. The van der Waals surface area contributed by atoms with Crippen molar-refractivity contribution in [3.05, 3.63) is 23.8 Å². The molecule has 0 aliphatic carbocycles. The van der Waals surface area contributed by atoms with Crippen LogP contribution in [0.25, 0.3) is 0 Å². The van der Waals surface area contributed by atoms with Crippen molar-refractivity contribution in [3.8, 4) is 0 Å². The van der Waals surface area contributed by atoms with Gasteiger partial charge in [0.15, 0.2) is 0 Å². The van der Waals surface area contributed by atoms with Crippen LogP contribution in [-0.2, 0) is 4.79 Å². The van der Waals surface area contributed by atoms with Gasteiger partial charge in [0.05, 0.1) is 0 Å². The Balaban J connectivity index is 3.36. The lowest BCUT2D eigenvalue weighted by atomic mass is 10.1. The van der Waals surface area contributed by atoms with E-state index in [2.05, 4.69) is 13.0 Å². The predicted octanol–water partition coefficient (Wildman–Crippen LogP) is 4.44. The monoisotopic (exact) mass is 208 g/mol. The fourth-order valence-electron chi connectivity index (χ4n) is 1.51. The highest BCUT2D eigenvalue weighted by Crippen LogP contribution is 2.08. The summed E-state index contributed by atoms with van der Waals surface area (Å²) in [6.45, 7) is 4.28. The Morgan fingerprint density at radius 1 is 1.07 bits per heavy atom. The minimum atomic E-state index is 0.822. The summed E-state index contributed by atoms with van der Waals surface area (Å²) in [5.74, 6) is 0. The van der Waals surface area contributed by atoms with Crippen molar-refractivity contribution in [2.24, 2.45) is 0 Å². The molecule has 0 N–H and O–H groups in total. The van der Waals surface area contributed by atoms with Gasteiger partial charge in [-0.3, -0.25) is 4.79 Å². The molecule has 0 aliphatic rings. The predicted molar refractivity (Wildman–Crippen MR) is 67.0 cm³/mol. The van der Waals surface area contributed by atoms with E-state index in [4.69, 9.17) is 0 Å². The molecule has 0 aromatic heterocycles. The zero-order valence-corrected chi connectivity index (χ0v) is 10.2.